The maximum atomic E-state index is 13.6. The molecule has 16 heavy (non-hydrogen) atoms. The highest BCUT2D eigenvalue weighted by atomic mass is 127. The molecule has 0 atom stereocenters. The first-order valence-corrected chi connectivity index (χ1v) is 8.21. The summed E-state index contributed by atoms with van der Waals surface area (Å²) in [5, 5.41) is 5.93. The average molecular weight is 348 g/mol. The molecule has 84 valence electrons. The molecule has 1 aliphatic carbocycles. The van der Waals surface area contributed by atoms with Gasteiger partial charge in [-0.25, -0.2) is 4.39 Å². The summed E-state index contributed by atoms with van der Waals surface area (Å²) >= 11 is 2.04. The molecule has 0 bridgehead atoms. The van der Waals surface area contributed by atoms with Crippen LogP contribution in [0.15, 0.2) is 12.1 Å². The third-order valence-corrected chi connectivity index (χ3v) is 3.14. The molecule has 3 N–H and O–H groups in total. The number of rotatable bonds is 2. The summed E-state index contributed by atoms with van der Waals surface area (Å²) in [7, 11) is 1.32. The maximum absolute atomic E-state index is 13.6. The number of nitrogens with two attached hydrogens (primary N) is 1. The van der Waals surface area contributed by atoms with E-state index in [1.165, 1.54) is 15.0 Å². The van der Waals surface area contributed by atoms with Crippen molar-refractivity contribution < 1.29 is 4.39 Å². The molecule has 0 heterocycles. The molecular weight excluding hydrogens is 338 g/mol. The Morgan fingerprint density at radius 2 is 2.25 bits per heavy atom. The van der Waals surface area contributed by atoms with Crippen LogP contribution in [-0.2, 0) is 0 Å². The second kappa shape index (κ2) is 5.15. The maximum Gasteiger partial charge on any atom is 0.141 e. The minimum absolute atomic E-state index is 0.324. The average Bonchev–Trinajstić information content (AvgIpc) is 3.05. The first kappa shape index (κ1) is 11.9. The van der Waals surface area contributed by atoms with E-state index in [9.17, 15) is 4.39 Å². The minimum Gasteiger partial charge on any atom is -0.397 e. The fourth-order valence-corrected chi connectivity index (χ4v) is 1.81. The van der Waals surface area contributed by atoms with Gasteiger partial charge >= 0.3 is 0 Å². The van der Waals surface area contributed by atoms with Gasteiger partial charge in [-0.3, -0.25) is 0 Å². The predicted octanol–water partition coefficient (Wildman–Crippen LogP) is 3.37. The van der Waals surface area contributed by atoms with Gasteiger partial charge in [0.25, 0.3) is 0 Å². The first-order chi connectivity index (χ1) is 7.70. The van der Waals surface area contributed by atoms with E-state index in [1.54, 1.807) is 6.07 Å². The van der Waals surface area contributed by atoms with Crippen LogP contribution in [0.2, 0.25) is 0 Å². The van der Waals surface area contributed by atoms with Crippen molar-refractivity contribution in [3.05, 3.63) is 23.5 Å². The zero-order chi connectivity index (χ0) is 11.5. The highest BCUT2D eigenvalue weighted by Crippen LogP contribution is 2.29. The predicted molar refractivity (Wildman–Crippen MR) is 75.9 cm³/mol. The minimum atomic E-state index is -0.324. The van der Waals surface area contributed by atoms with Crippen molar-refractivity contribution in [2.24, 2.45) is 0 Å². The molecule has 2 nitrogen and oxygen atoms in total. The third kappa shape index (κ3) is 2.95. The monoisotopic (exact) mass is 348 g/mol. The highest BCUT2D eigenvalue weighted by molar-refractivity contribution is 14.2. The van der Waals surface area contributed by atoms with Gasteiger partial charge in [-0.05, 0) is 33.1 Å². The van der Waals surface area contributed by atoms with Gasteiger partial charge in [0, 0.05) is 33.3 Å². The molecule has 0 saturated heterocycles. The number of hydrogen-bond acceptors (Lipinski definition) is 3. The number of nitrogen functional groups attached to an aromatic ring is 1. The van der Waals surface area contributed by atoms with Gasteiger partial charge in [-0.1, -0.05) is 5.92 Å². The number of halogens is 2. The molecule has 0 radical (unpaired) electrons. The van der Waals surface area contributed by atoms with Gasteiger partial charge in [0.05, 0.1) is 16.9 Å². The molecule has 5 heteroatoms. The Kier molecular flexibility index (Phi) is 3.82. The van der Waals surface area contributed by atoms with Crippen LogP contribution in [0.5, 0.6) is 0 Å². The largest absolute Gasteiger partial charge is 0.397 e. The molecule has 2 rings (SSSR count). The molecule has 1 fully saturated rings. The smallest absolute Gasteiger partial charge is 0.141 e. The van der Waals surface area contributed by atoms with Gasteiger partial charge < -0.3 is 11.1 Å². The number of hydrogen-bond donors (Lipinski definition) is 2. The number of nitrogens with one attached hydrogen (secondary N) is 1. The molecule has 0 aromatic heterocycles. The SMILES string of the molecule is Nc1cc(C#CSI)c(F)cc1NC1CC1. The van der Waals surface area contributed by atoms with Crippen molar-refractivity contribution in [1.82, 2.24) is 0 Å². The van der Waals surface area contributed by atoms with Crippen LogP contribution in [0.3, 0.4) is 0 Å². The van der Waals surface area contributed by atoms with Crippen molar-refractivity contribution in [3.63, 3.8) is 0 Å². The van der Waals surface area contributed by atoms with Crippen LogP contribution >= 0.6 is 30.1 Å². The first-order valence-electron chi connectivity index (χ1n) is 4.85. The summed E-state index contributed by atoms with van der Waals surface area (Å²) in [5.41, 5.74) is 7.41. The van der Waals surface area contributed by atoms with Crippen LogP contribution in [-0.4, -0.2) is 6.04 Å². The molecule has 0 spiro atoms. The van der Waals surface area contributed by atoms with E-state index in [-0.39, 0.29) is 5.82 Å². The van der Waals surface area contributed by atoms with Crippen LogP contribution < -0.4 is 11.1 Å². The van der Waals surface area contributed by atoms with Crippen molar-refractivity contribution in [1.29, 1.82) is 0 Å². The number of anilines is 2. The van der Waals surface area contributed by atoms with E-state index < -0.39 is 0 Å². The van der Waals surface area contributed by atoms with Gasteiger partial charge in [-0.2, -0.15) is 0 Å². The second-order valence-electron chi connectivity index (χ2n) is 3.64. The van der Waals surface area contributed by atoms with Crippen LogP contribution in [0, 0.1) is 17.0 Å². The Bertz CT molecular complexity index is 463. The Labute approximate surface area is 110 Å². The zero-order valence-electron chi connectivity index (χ0n) is 8.39. The fourth-order valence-electron chi connectivity index (χ4n) is 1.33. The lowest BCUT2D eigenvalue weighted by Crippen LogP contribution is -2.05. The molecule has 1 aliphatic rings. The molecule has 0 aliphatic heterocycles. The zero-order valence-corrected chi connectivity index (χ0v) is 11.4. The van der Waals surface area contributed by atoms with E-state index >= 15 is 0 Å². The lowest BCUT2D eigenvalue weighted by Gasteiger charge is -2.09. The Morgan fingerprint density at radius 1 is 1.50 bits per heavy atom. The number of benzene rings is 1. The fraction of sp³-hybridized carbons (Fsp3) is 0.273. The molecular formula is C11H10FIN2S. The van der Waals surface area contributed by atoms with Gasteiger partial charge in [-0.15, -0.1) is 0 Å². The summed E-state index contributed by atoms with van der Waals surface area (Å²) in [6.45, 7) is 0. The summed E-state index contributed by atoms with van der Waals surface area (Å²) < 4.78 is 13.6. The normalized spacial score (nSPS) is 14.1. The summed E-state index contributed by atoms with van der Waals surface area (Å²) in [4.78, 5) is 0. The highest BCUT2D eigenvalue weighted by Gasteiger charge is 2.22. The quantitative estimate of drug-likeness (QED) is 0.489. The van der Waals surface area contributed by atoms with Gasteiger partial charge in [0.15, 0.2) is 0 Å². The van der Waals surface area contributed by atoms with Gasteiger partial charge in [0.1, 0.15) is 5.82 Å². The second-order valence-corrected chi connectivity index (χ2v) is 5.32. The van der Waals surface area contributed by atoms with Crippen LogP contribution in [0.25, 0.3) is 0 Å². The van der Waals surface area contributed by atoms with E-state index in [2.05, 4.69) is 16.5 Å². The van der Waals surface area contributed by atoms with E-state index in [0.717, 1.165) is 12.8 Å². The molecule has 1 aromatic carbocycles. The van der Waals surface area contributed by atoms with E-state index in [0.29, 0.717) is 23.0 Å². The molecule has 1 saturated carbocycles. The summed E-state index contributed by atoms with van der Waals surface area (Å²) in [5.74, 6) is 2.40. The Balaban J connectivity index is 2.26. The van der Waals surface area contributed by atoms with Crippen LogP contribution in [0.4, 0.5) is 15.8 Å². The molecule has 1 aromatic rings. The van der Waals surface area contributed by atoms with Crippen molar-refractivity contribution >= 4 is 41.5 Å². The third-order valence-electron chi connectivity index (χ3n) is 2.30. The van der Waals surface area contributed by atoms with E-state index in [4.69, 9.17) is 5.73 Å². The van der Waals surface area contributed by atoms with Crippen molar-refractivity contribution in [3.8, 4) is 11.2 Å². The topological polar surface area (TPSA) is 38.0 Å². The standard InChI is InChI=1S/C11H10FIN2S/c12-9-6-11(15-8-1-2-8)10(14)5-7(9)3-4-16-13/h5-6,8,15H,1-2,14H2. The Morgan fingerprint density at radius 3 is 2.88 bits per heavy atom. The summed E-state index contributed by atoms with van der Waals surface area (Å²) in [6, 6.07) is 3.47. The summed E-state index contributed by atoms with van der Waals surface area (Å²) in [6.07, 6.45) is 2.27. The van der Waals surface area contributed by atoms with Crippen LogP contribution in [0.1, 0.15) is 18.4 Å². The molecule has 0 unspecified atom stereocenters. The van der Waals surface area contributed by atoms with Crippen molar-refractivity contribution in [2.45, 2.75) is 18.9 Å². The molecule has 0 amide bonds. The Hall–Kier alpha value is -0.610. The lowest BCUT2D eigenvalue weighted by molar-refractivity contribution is 0.625. The lowest BCUT2D eigenvalue weighted by atomic mass is 10.1. The van der Waals surface area contributed by atoms with Gasteiger partial charge in [0.2, 0.25) is 0 Å². The van der Waals surface area contributed by atoms with E-state index in [1.807, 2.05) is 21.2 Å². The van der Waals surface area contributed by atoms with Crippen molar-refractivity contribution in [2.75, 3.05) is 11.1 Å².